The summed E-state index contributed by atoms with van der Waals surface area (Å²) in [5.41, 5.74) is 2.11. The highest BCUT2D eigenvalue weighted by molar-refractivity contribution is 9.11. The number of sulfonamides is 1. The number of halogens is 2. The van der Waals surface area contributed by atoms with Crippen molar-refractivity contribution in [1.29, 1.82) is 0 Å². The number of carbonyl (C=O) groups is 1. The van der Waals surface area contributed by atoms with Crippen molar-refractivity contribution in [2.45, 2.75) is 11.8 Å². The molecular weight excluding hydrogens is 510 g/mol. The van der Waals surface area contributed by atoms with Crippen molar-refractivity contribution in [3.8, 4) is 5.75 Å². The van der Waals surface area contributed by atoms with E-state index in [1.165, 1.54) is 12.1 Å². The first kappa shape index (κ1) is 21.3. The summed E-state index contributed by atoms with van der Waals surface area (Å²) in [6, 6.07) is 8.30. The lowest BCUT2D eigenvalue weighted by molar-refractivity contribution is -0.387. The zero-order chi connectivity index (χ0) is 20.2. The van der Waals surface area contributed by atoms with Crippen LogP contribution in [0.2, 0.25) is 0 Å². The number of nitro groups is 1. The van der Waals surface area contributed by atoms with Crippen LogP contribution in [-0.4, -0.2) is 25.9 Å². The number of amides is 1. The summed E-state index contributed by atoms with van der Waals surface area (Å²) < 4.78 is 31.2. The van der Waals surface area contributed by atoms with Crippen LogP contribution in [0, 0.1) is 17.0 Å². The Morgan fingerprint density at radius 3 is 2.56 bits per heavy atom. The molecule has 0 saturated carbocycles. The molecule has 1 amide bonds. The van der Waals surface area contributed by atoms with Crippen LogP contribution >= 0.6 is 31.9 Å². The van der Waals surface area contributed by atoms with Gasteiger partial charge in [-0.25, -0.2) is 8.42 Å². The van der Waals surface area contributed by atoms with Crippen molar-refractivity contribution < 1.29 is 22.9 Å². The zero-order valence-corrected chi connectivity index (χ0v) is 17.7. The fraction of sp³-hybridized carbons (Fsp3) is 0.133. The molecule has 12 heteroatoms. The van der Waals surface area contributed by atoms with Gasteiger partial charge in [0.2, 0.25) is 0 Å². The van der Waals surface area contributed by atoms with Gasteiger partial charge < -0.3 is 4.74 Å². The molecule has 0 radical (unpaired) electrons. The number of ether oxygens (including phenoxy) is 1. The fourth-order valence-electron chi connectivity index (χ4n) is 2.06. The van der Waals surface area contributed by atoms with Gasteiger partial charge in [-0.2, -0.15) is 0 Å². The maximum atomic E-state index is 12.2. The number of para-hydroxylation sites is 1. The average molecular weight is 523 g/mol. The van der Waals surface area contributed by atoms with Crippen LogP contribution in [0.25, 0.3) is 0 Å². The van der Waals surface area contributed by atoms with Crippen LogP contribution in [-0.2, 0) is 14.8 Å². The molecule has 9 nitrogen and oxygen atoms in total. The number of benzene rings is 2. The highest BCUT2D eigenvalue weighted by Gasteiger charge is 2.25. The standard InChI is InChI=1S/C15H13Br2N3O6S/c1-9-6-10(16)7-11(17)15(9)26-8-14(21)18-19-27(24,25)13-5-3-2-4-12(13)20(22)23/h2-7,19H,8H2,1H3,(H,18,21). The topological polar surface area (TPSA) is 128 Å². The molecule has 0 bridgehead atoms. The third-order valence-electron chi connectivity index (χ3n) is 3.22. The minimum Gasteiger partial charge on any atom is -0.482 e. The molecule has 2 aromatic rings. The van der Waals surface area contributed by atoms with E-state index in [4.69, 9.17) is 4.74 Å². The van der Waals surface area contributed by atoms with Crippen LogP contribution in [0.15, 0.2) is 50.2 Å². The highest BCUT2D eigenvalue weighted by atomic mass is 79.9. The van der Waals surface area contributed by atoms with Gasteiger partial charge in [0.15, 0.2) is 11.5 Å². The maximum absolute atomic E-state index is 12.2. The van der Waals surface area contributed by atoms with Gasteiger partial charge in [-0.15, -0.1) is 4.83 Å². The molecule has 2 N–H and O–H groups in total. The quantitative estimate of drug-likeness (QED) is 0.425. The molecule has 0 spiro atoms. The maximum Gasteiger partial charge on any atom is 0.289 e. The number of nitro benzene ring substituents is 1. The van der Waals surface area contributed by atoms with E-state index in [-0.39, 0.29) is 0 Å². The molecule has 0 fully saturated rings. The molecule has 0 aliphatic heterocycles. The highest BCUT2D eigenvalue weighted by Crippen LogP contribution is 2.32. The van der Waals surface area contributed by atoms with Crippen LogP contribution < -0.4 is 15.0 Å². The number of rotatable bonds is 7. The number of aryl methyl sites for hydroxylation is 1. The van der Waals surface area contributed by atoms with E-state index in [0.29, 0.717) is 10.2 Å². The second-order valence-electron chi connectivity index (χ2n) is 5.20. The van der Waals surface area contributed by atoms with Crippen LogP contribution in [0.5, 0.6) is 5.75 Å². The van der Waals surface area contributed by atoms with Gasteiger partial charge in [-0.1, -0.05) is 28.1 Å². The van der Waals surface area contributed by atoms with Gasteiger partial charge in [0, 0.05) is 10.5 Å². The molecule has 27 heavy (non-hydrogen) atoms. The predicted octanol–water partition coefficient (Wildman–Crippen LogP) is 2.82. The Morgan fingerprint density at radius 2 is 1.93 bits per heavy atom. The SMILES string of the molecule is Cc1cc(Br)cc(Br)c1OCC(=O)NNS(=O)(=O)c1ccccc1[N+](=O)[O-]. The zero-order valence-electron chi connectivity index (χ0n) is 13.7. The Kier molecular flexibility index (Phi) is 6.92. The first-order valence-corrected chi connectivity index (χ1v) is 10.3. The van der Waals surface area contributed by atoms with Crippen LogP contribution in [0.3, 0.4) is 0 Å². The summed E-state index contributed by atoms with van der Waals surface area (Å²) in [5.74, 6) is -0.360. The van der Waals surface area contributed by atoms with Gasteiger partial charge >= 0.3 is 0 Å². The van der Waals surface area contributed by atoms with E-state index < -0.39 is 38.0 Å². The normalized spacial score (nSPS) is 11.1. The molecule has 0 unspecified atom stereocenters. The molecule has 0 heterocycles. The minimum atomic E-state index is -4.33. The summed E-state index contributed by atoms with van der Waals surface area (Å²) in [6.07, 6.45) is 0. The van der Waals surface area contributed by atoms with Crippen molar-refractivity contribution in [3.63, 3.8) is 0 Å². The van der Waals surface area contributed by atoms with Gasteiger partial charge in [0.1, 0.15) is 5.75 Å². The van der Waals surface area contributed by atoms with Gasteiger partial charge in [0.05, 0.1) is 9.40 Å². The number of nitrogens with one attached hydrogen (secondary N) is 2. The Hall–Kier alpha value is -2.02. The molecule has 144 valence electrons. The number of hydrogen-bond donors (Lipinski definition) is 2. The Labute approximate surface area is 171 Å². The van der Waals surface area contributed by atoms with E-state index in [0.717, 1.165) is 22.2 Å². The number of nitrogens with zero attached hydrogens (tertiary/aromatic N) is 1. The summed E-state index contributed by atoms with van der Waals surface area (Å²) >= 11 is 6.63. The third-order valence-corrected chi connectivity index (χ3v) is 5.56. The molecule has 0 aromatic heterocycles. The van der Waals surface area contributed by atoms with Crippen LogP contribution in [0.1, 0.15) is 5.56 Å². The monoisotopic (exact) mass is 521 g/mol. The lowest BCUT2D eigenvalue weighted by Crippen LogP contribution is -2.43. The largest absolute Gasteiger partial charge is 0.482 e. The average Bonchev–Trinajstić information content (AvgIpc) is 2.59. The van der Waals surface area contributed by atoms with E-state index in [2.05, 4.69) is 31.9 Å². The Balaban J connectivity index is 2.03. The minimum absolute atomic E-state index is 0.426. The number of hydrazine groups is 1. The van der Waals surface area contributed by atoms with Crippen LogP contribution in [0.4, 0.5) is 5.69 Å². The summed E-state index contributed by atoms with van der Waals surface area (Å²) in [6.45, 7) is 1.31. The van der Waals surface area contributed by atoms with E-state index >= 15 is 0 Å². The second kappa shape index (κ2) is 8.78. The fourth-order valence-corrected chi connectivity index (χ4v) is 4.65. The molecule has 0 saturated heterocycles. The third kappa shape index (κ3) is 5.48. The number of hydrogen-bond acceptors (Lipinski definition) is 6. The second-order valence-corrected chi connectivity index (χ2v) is 8.62. The summed E-state index contributed by atoms with van der Waals surface area (Å²) in [4.78, 5) is 23.3. The molecule has 2 rings (SSSR count). The van der Waals surface area contributed by atoms with E-state index in [9.17, 15) is 23.3 Å². The van der Waals surface area contributed by atoms with E-state index in [1.807, 2.05) is 10.3 Å². The van der Waals surface area contributed by atoms with Crippen molar-refractivity contribution in [1.82, 2.24) is 10.3 Å². The van der Waals surface area contributed by atoms with Crippen molar-refractivity contribution in [2.24, 2.45) is 0 Å². The predicted molar refractivity (Wildman–Crippen MR) is 104 cm³/mol. The van der Waals surface area contributed by atoms with Crippen molar-refractivity contribution in [2.75, 3.05) is 6.61 Å². The van der Waals surface area contributed by atoms with Crippen molar-refractivity contribution >= 4 is 53.5 Å². The lowest BCUT2D eigenvalue weighted by atomic mass is 10.2. The first-order chi connectivity index (χ1) is 12.6. The molecule has 0 aliphatic carbocycles. The molecule has 0 aliphatic rings. The molecular formula is C15H13Br2N3O6S. The number of carbonyl (C=O) groups excluding carboxylic acids is 1. The van der Waals surface area contributed by atoms with Gasteiger partial charge in [-0.05, 0) is 46.6 Å². The Morgan fingerprint density at radius 1 is 1.26 bits per heavy atom. The smallest absolute Gasteiger partial charge is 0.289 e. The summed E-state index contributed by atoms with van der Waals surface area (Å²) in [7, 11) is -4.33. The van der Waals surface area contributed by atoms with E-state index in [1.54, 1.807) is 19.1 Å². The summed E-state index contributed by atoms with van der Waals surface area (Å²) in [5, 5.41) is 11.0. The lowest BCUT2D eigenvalue weighted by Gasteiger charge is -2.12. The first-order valence-electron chi connectivity index (χ1n) is 7.24. The van der Waals surface area contributed by atoms with Gasteiger partial charge in [0.25, 0.3) is 21.6 Å². The molecule has 2 aromatic carbocycles. The van der Waals surface area contributed by atoms with Gasteiger partial charge in [-0.3, -0.25) is 20.3 Å². The Bertz CT molecular complexity index is 974. The molecule has 0 atom stereocenters. The van der Waals surface area contributed by atoms with Crippen molar-refractivity contribution in [3.05, 3.63) is 61.0 Å².